The molecule has 0 aromatic heterocycles. The summed E-state index contributed by atoms with van der Waals surface area (Å²) >= 11 is 0. The highest BCUT2D eigenvalue weighted by Gasteiger charge is 2.22. The Morgan fingerprint density at radius 2 is 1.69 bits per heavy atom. The summed E-state index contributed by atoms with van der Waals surface area (Å²) in [6.07, 6.45) is 3.47. The zero-order valence-corrected chi connectivity index (χ0v) is 19.3. The van der Waals surface area contributed by atoms with Gasteiger partial charge in [-0.2, -0.15) is 0 Å². The third-order valence-electron chi connectivity index (χ3n) is 5.67. The van der Waals surface area contributed by atoms with Gasteiger partial charge in [-0.1, -0.05) is 12.1 Å². The van der Waals surface area contributed by atoms with Gasteiger partial charge >= 0.3 is 6.03 Å². The largest absolute Gasteiger partial charge is 0.492 e. The summed E-state index contributed by atoms with van der Waals surface area (Å²) in [4.78, 5) is 30.0. The second-order valence-corrected chi connectivity index (χ2v) is 7.77. The minimum absolute atomic E-state index is 0.0127. The first-order valence-corrected chi connectivity index (χ1v) is 11.5. The van der Waals surface area contributed by atoms with E-state index in [0.29, 0.717) is 42.4 Å². The van der Waals surface area contributed by atoms with Crippen molar-refractivity contribution in [2.24, 2.45) is 0 Å². The molecule has 1 saturated heterocycles. The van der Waals surface area contributed by atoms with Crippen LogP contribution in [-0.4, -0.2) is 49.6 Å². The summed E-state index contributed by atoms with van der Waals surface area (Å²) in [5, 5.41) is 5.70. The predicted octanol–water partition coefficient (Wildman–Crippen LogP) is 5.20. The average molecular weight is 439 g/mol. The van der Waals surface area contributed by atoms with Gasteiger partial charge in [-0.05, 0) is 70.4 Å². The van der Waals surface area contributed by atoms with Crippen LogP contribution in [0.4, 0.5) is 21.9 Å². The van der Waals surface area contributed by atoms with Gasteiger partial charge in [0.05, 0.1) is 17.9 Å². The number of amides is 3. The lowest BCUT2D eigenvalue weighted by atomic mass is 10.1. The van der Waals surface area contributed by atoms with Gasteiger partial charge in [-0.15, -0.1) is 0 Å². The molecule has 3 amide bonds. The van der Waals surface area contributed by atoms with Crippen molar-refractivity contribution in [3.63, 3.8) is 0 Å². The van der Waals surface area contributed by atoms with Crippen molar-refractivity contribution in [2.45, 2.75) is 40.0 Å². The molecule has 3 rings (SSSR count). The van der Waals surface area contributed by atoms with E-state index < -0.39 is 0 Å². The maximum Gasteiger partial charge on any atom is 0.323 e. The highest BCUT2D eigenvalue weighted by atomic mass is 16.5. The fourth-order valence-electron chi connectivity index (χ4n) is 4.01. The number of nitrogens with zero attached hydrogens (tertiary/aromatic N) is 2. The van der Waals surface area contributed by atoms with E-state index >= 15 is 0 Å². The Labute approximate surface area is 190 Å². The lowest BCUT2D eigenvalue weighted by Crippen LogP contribution is -2.35. The third-order valence-corrected chi connectivity index (χ3v) is 5.67. The van der Waals surface area contributed by atoms with E-state index in [-0.39, 0.29) is 11.9 Å². The molecule has 2 N–H and O–H groups in total. The fraction of sp³-hybridized carbons (Fsp3) is 0.440. The van der Waals surface area contributed by atoms with E-state index in [4.69, 9.17) is 4.74 Å². The van der Waals surface area contributed by atoms with Crippen molar-refractivity contribution in [2.75, 3.05) is 48.3 Å². The van der Waals surface area contributed by atoms with Crippen LogP contribution in [0.1, 0.15) is 50.4 Å². The van der Waals surface area contributed by atoms with E-state index in [1.54, 1.807) is 12.1 Å². The first-order chi connectivity index (χ1) is 15.6. The molecule has 1 aliphatic rings. The molecule has 0 saturated carbocycles. The Morgan fingerprint density at radius 3 is 2.38 bits per heavy atom. The molecule has 1 aliphatic heterocycles. The number of nitrogens with one attached hydrogen (secondary N) is 2. The van der Waals surface area contributed by atoms with Gasteiger partial charge < -0.3 is 25.2 Å². The fourth-order valence-corrected chi connectivity index (χ4v) is 4.01. The number of carbonyl (C=O) groups excluding carboxylic acids is 2. The summed E-state index contributed by atoms with van der Waals surface area (Å²) in [7, 11) is 0. The van der Waals surface area contributed by atoms with Crippen LogP contribution < -0.4 is 20.3 Å². The predicted molar refractivity (Wildman–Crippen MR) is 130 cm³/mol. The van der Waals surface area contributed by atoms with E-state index in [2.05, 4.69) is 15.5 Å². The molecule has 0 bridgehead atoms. The molecule has 7 heteroatoms. The Morgan fingerprint density at radius 1 is 0.969 bits per heavy atom. The van der Waals surface area contributed by atoms with Crippen molar-refractivity contribution in [3.05, 3.63) is 48.0 Å². The smallest absolute Gasteiger partial charge is 0.323 e. The zero-order valence-electron chi connectivity index (χ0n) is 19.3. The van der Waals surface area contributed by atoms with Gasteiger partial charge in [-0.25, -0.2) is 4.79 Å². The van der Waals surface area contributed by atoms with Crippen LogP contribution in [0.25, 0.3) is 0 Å². The number of ether oxygens (including phenoxy) is 1. The van der Waals surface area contributed by atoms with Crippen LogP contribution in [0.2, 0.25) is 0 Å². The molecule has 172 valence electrons. The van der Waals surface area contributed by atoms with Crippen molar-refractivity contribution in [1.29, 1.82) is 0 Å². The number of piperidine rings is 1. The number of hydrogen-bond acceptors (Lipinski definition) is 4. The molecule has 7 nitrogen and oxygen atoms in total. The van der Waals surface area contributed by atoms with Crippen molar-refractivity contribution >= 4 is 29.0 Å². The second-order valence-electron chi connectivity index (χ2n) is 7.77. The second kappa shape index (κ2) is 11.4. The van der Waals surface area contributed by atoms with Crippen LogP contribution in [0.3, 0.4) is 0 Å². The van der Waals surface area contributed by atoms with Gasteiger partial charge in [-0.3, -0.25) is 4.79 Å². The first-order valence-electron chi connectivity index (χ1n) is 11.5. The Balaban J connectivity index is 1.83. The third kappa shape index (κ3) is 5.72. The molecule has 32 heavy (non-hydrogen) atoms. The lowest BCUT2D eigenvalue weighted by molar-refractivity contribution is 0.0773. The molecule has 1 fully saturated rings. The SMILES string of the molecule is CCOc1ccccc1NC(=O)Nc1ccc(N2CCCCC2)c(C(=O)N(CC)CC)c1. The van der Waals surface area contributed by atoms with Gasteiger partial charge in [0.15, 0.2) is 0 Å². The topological polar surface area (TPSA) is 73.9 Å². The number of hydrogen-bond donors (Lipinski definition) is 2. The first kappa shape index (κ1) is 23.4. The molecular formula is C25H34N4O3. The molecule has 2 aromatic carbocycles. The van der Waals surface area contributed by atoms with Crippen LogP contribution in [0.5, 0.6) is 5.75 Å². The highest BCUT2D eigenvalue weighted by molar-refractivity contribution is 6.04. The van der Waals surface area contributed by atoms with Crippen LogP contribution in [-0.2, 0) is 0 Å². The van der Waals surface area contributed by atoms with Gasteiger partial charge in [0, 0.05) is 37.6 Å². The van der Waals surface area contributed by atoms with Crippen LogP contribution in [0.15, 0.2) is 42.5 Å². The molecule has 0 atom stereocenters. The standard InChI is InChI=1S/C25H34N4O3/c1-4-28(5-2)24(30)20-18-19(14-15-22(20)29-16-10-7-11-17-29)26-25(31)27-21-12-8-9-13-23(21)32-6-3/h8-9,12-15,18H,4-7,10-11,16-17H2,1-3H3,(H2,26,27,31). The van der Waals surface area contributed by atoms with E-state index in [9.17, 15) is 9.59 Å². The molecule has 0 aliphatic carbocycles. The van der Waals surface area contributed by atoms with Gasteiger partial charge in [0.1, 0.15) is 5.75 Å². The Kier molecular flexibility index (Phi) is 8.36. The van der Waals surface area contributed by atoms with Crippen molar-refractivity contribution in [3.8, 4) is 5.75 Å². The molecule has 1 heterocycles. The zero-order chi connectivity index (χ0) is 22.9. The Hall–Kier alpha value is -3.22. The number of benzene rings is 2. The quantitative estimate of drug-likeness (QED) is 0.594. The molecule has 0 spiro atoms. The van der Waals surface area contributed by atoms with Crippen molar-refractivity contribution < 1.29 is 14.3 Å². The number of rotatable bonds is 8. The van der Waals surface area contributed by atoms with Crippen molar-refractivity contribution in [1.82, 2.24) is 4.90 Å². The normalized spacial score (nSPS) is 13.4. The highest BCUT2D eigenvalue weighted by Crippen LogP contribution is 2.29. The number of carbonyl (C=O) groups is 2. The van der Waals surface area contributed by atoms with E-state index in [1.165, 1.54) is 6.42 Å². The number of para-hydroxylation sites is 2. The minimum atomic E-state index is -0.385. The summed E-state index contributed by atoms with van der Waals surface area (Å²) in [5.41, 5.74) is 2.74. The van der Waals surface area contributed by atoms with E-state index in [1.807, 2.05) is 56.0 Å². The summed E-state index contributed by atoms with van der Waals surface area (Å²) < 4.78 is 5.57. The average Bonchev–Trinajstić information content (AvgIpc) is 2.81. The number of anilines is 3. The monoisotopic (exact) mass is 438 g/mol. The summed E-state index contributed by atoms with van der Waals surface area (Å²) in [6.45, 7) is 9.53. The maximum atomic E-state index is 13.3. The number of urea groups is 1. The van der Waals surface area contributed by atoms with Gasteiger partial charge in [0.2, 0.25) is 0 Å². The van der Waals surface area contributed by atoms with Crippen LogP contribution >= 0.6 is 0 Å². The molecule has 2 aromatic rings. The van der Waals surface area contributed by atoms with Gasteiger partial charge in [0.25, 0.3) is 5.91 Å². The van der Waals surface area contributed by atoms with Crippen LogP contribution in [0, 0.1) is 0 Å². The molecular weight excluding hydrogens is 404 g/mol. The Bertz CT molecular complexity index is 921. The summed E-state index contributed by atoms with van der Waals surface area (Å²) in [5.74, 6) is 0.601. The van der Waals surface area contributed by atoms with E-state index in [0.717, 1.165) is 31.6 Å². The molecule has 0 unspecified atom stereocenters. The molecule has 0 radical (unpaired) electrons. The minimum Gasteiger partial charge on any atom is -0.492 e. The summed E-state index contributed by atoms with van der Waals surface area (Å²) in [6, 6.07) is 12.5. The lowest BCUT2D eigenvalue weighted by Gasteiger charge is -2.31. The maximum absolute atomic E-state index is 13.3.